The van der Waals surface area contributed by atoms with E-state index in [0.29, 0.717) is 51.9 Å². The highest BCUT2D eigenvalue weighted by Crippen LogP contribution is 2.46. The number of aromatic nitrogens is 1. The molecule has 15 nitrogen and oxygen atoms in total. The molecule has 0 radical (unpaired) electrons. The summed E-state index contributed by atoms with van der Waals surface area (Å²) in [5.41, 5.74) is 0.541. The van der Waals surface area contributed by atoms with Crippen LogP contribution < -0.4 is 24.8 Å². The number of nitrogens with zero attached hydrogens (tertiary/aromatic N) is 2. The number of ether oxygens (including phenoxy) is 3. The molecular formula is C41H47N5O10S. The highest BCUT2D eigenvalue weighted by atomic mass is 32.2. The first-order chi connectivity index (χ1) is 27.3. The minimum atomic E-state index is -3.92. The van der Waals surface area contributed by atoms with E-state index in [1.165, 1.54) is 11.0 Å². The zero-order valence-corrected chi connectivity index (χ0v) is 32.9. The number of furan rings is 1. The van der Waals surface area contributed by atoms with Crippen molar-refractivity contribution in [3.63, 3.8) is 0 Å². The molecule has 3 heterocycles. The Labute approximate surface area is 329 Å². The molecule has 4 fully saturated rings. The third kappa shape index (κ3) is 7.35. The van der Waals surface area contributed by atoms with E-state index in [9.17, 15) is 27.6 Å². The van der Waals surface area contributed by atoms with Gasteiger partial charge in [-0.2, -0.15) is 0 Å². The van der Waals surface area contributed by atoms with Gasteiger partial charge in [0.25, 0.3) is 5.91 Å². The molecule has 4 aliphatic rings. The van der Waals surface area contributed by atoms with Crippen LogP contribution in [-0.4, -0.2) is 90.9 Å². The minimum Gasteiger partial charge on any atom is -0.497 e. The first-order valence-electron chi connectivity index (χ1n) is 19.6. The zero-order chi connectivity index (χ0) is 40.2. The highest BCUT2D eigenvalue weighted by Gasteiger charge is 2.62. The fourth-order valence-electron chi connectivity index (χ4n) is 8.15. The van der Waals surface area contributed by atoms with Gasteiger partial charge in [-0.25, -0.2) is 18.2 Å². The average Bonchev–Trinajstić information content (AvgIpc) is 4.01. The molecule has 3 saturated carbocycles. The average molecular weight is 802 g/mol. The molecule has 57 heavy (non-hydrogen) atoms. The fourth-order valence-corrected chi connectivity index (χ4v) is 9.51. The fraction of sp³-hybridized carbons (Fsp3) is 0.488. The molecule has 2 aromatic heterocycles. The van der Waals surface area contributed by atoms with Crippen molar-refractivity contribution in [1.82, 2.24) is 25.2 Å². The van der Waals surface area contributed by atoms with Crippen LogP contribution in [0.25, 0.3) is 33.0 Å². The molecule has 8 rings (SSSR count). The number of amides is 4. The summed E-state index contributed by atoms with van der Waals surface area (Å²) in [7, 11) is -2.36. The van der Waals surface area contributed by atoms with Gasteiger partial charge in [0.15, 0.2) is 11.3 Å². The number of hydrogen-bond donors (Lipinski definition) is 3. The molecular weight excluding hydrogens is 755 g/mol. The van der Waals surface area contributed by atoms with Crippen LogP contribution in [0.3, 0.4) is 0 Å². The number of para-hydroxylation sites is 1. The maximum atomic E-state index is 14.6. The van der Waals surface area contributed by atoms with Gasteiger partial charge < -0.3 is 34.2 Å². The molecule has 0 spiro atoms. The van der Waals surface area contributed by atoms with E-state index in [1.807, 2.05) is 24.3 Å². The Bertz CT molecular complexity index is 2390. The summed E-state index contributed by atoms with van der Waals surface area (Å²) in [5, 5.41) is 6.30. The summed E-state index contributed by atoms with van der Waals surface area (Å²) < 4.78 is 52.0. The number of sulfonamides is 1. The lowest BCUT2D eigenvalue weighted by Crippen LogP contribution is -2.59. The Balaban J connectivity index is 1.13. The van der Waals surface area contributed by atoms with Crippen LogP contribution in [0.1, 0.15) is 65.2 Å². The van der Waals surface area contributed by atoms with E-state index in [1.54, 1.807) is 39.2 Å². The Morgan fingerprint density at radius 3 is 2.47 bits per heavy atom. The number of benzene rings is 2. The van der Waals surface area contributed by atoms with E-state index < -0.39 is 74.7 Å². The van der Waals surface area contributed by atoms with E-state index in [2.05, 4.69) is 21.9 Å². The second-order valence-corrected chi connectivity index (χ2v) is 17.9. The Morgan fingerprint density at radius 1 is 1.04 bits per heavy atom. The topological polar surface area (TPSA) is 195 Å². The van der Waals surface area contributed by atoms with Crippen LogP contribution in [0.15, 0.2) is 59.5 Å². The predicted molar refractivity (Wildman–Crippen MR) is 210 cm³/mol. The van der Waals surface area contributed by atoms with Gasteiger partial charge in [0, 0.05) is 29.2 Å². The number of carbonyl (C=O) groups is 4. The summed E-state index contributed by atoms with van der Waals surface area (Å²) >= 11 is 0. The first kappa shape index (κ1) is 38.5. The highest BCUT2D eigenvalue weighted by molar-refractivity contribution is 7.91. The van der Waals surface area contributed by atoms with Gasteiger partial charge in [-0.3, -0.25) is 19.1 Å². The summed E-state index contributed by atoms with van der Waals surface area (Å²) in [6.07, 6.45) is 4.22. The van der Waals surface area contributed by atoms with Crippen molar-refractivity contribution < 1.29 is 46.2 Å². The Kier molecular flexibility index (Phi) is 10.0. The van der Waals surface area contributed by atoms with Crippen LogP contribution in [0, 0.1) is 11.8 Å². The van der Waals surface area contributed by atoms with Crippen molar-refractivity contribution in [3.8, 4) is 11.5 Å². The number of nitrogens with one attached hydrogen (secondary N) is 3. The Hall–Kier alpha value is -5.38. The van der Waals surface area contributed by atoms with Crippen LogP contribution >= 0.6 is 0 Å². The second-order valence-electron chi connectivity index (χ2n) is 15.9. The molecule has 302 valence electrons. The van der Waals surface area contributed by atoms with Crippen molar-refractivity contribution in [3.05, 3.63) is 55.1 Å². The van der Waals surface area contributed by atoms with Crippen molar-refractivity contribution in [1.29, 1.82) is 0 Å². The monoisotopic (exact) mass is 801 g/mol. The smallest absolute Gasteiger partial charge is 0.408 e. The molecule has 3 N–H and O–H groups in total. The summed E-state index contributed by atoms with van der Waals surface area (Å²) in [4.78, 5) is 62.0. The van der Waals surface area contributed by atoms with Gasteiger partial charge in [0.1, 0.15) is 46.7 Å². The van der Waals surface area contributed by atoms with E-state index in [-0.39, 0.29) is 25.5 Å². The Morgan fingerprint density at radius 2 is 1.79 bits per heavy atom. The number of likely N-dealkylation sites (tertiary alicyclic amines) is 1. The second kappa shape index (κ2) is 14.8. The number of alkyl carbamates (subject to hydrolysis) is 1. The van der Waals surface area contributed by atoms with Gasteiger partial charge in [0.05, 0.1) is 24.4 Å². The summed E-state index contributed by atoms with van der Waals surface area (Å²) in [6, 6.07) is 10.6. The number of methoxy groups -OCH3 is 1. The lowest BCUT2D eigenvalue weighted by molar-refractivity contribution is -0.141. The third-order valence-corrected chi connectivity index (χ3v) is 13.4. The van der Waals surface area contributed by atoms with Crippen LogP contribution in [0.4, 0.5) is 4.79 Å². The number of hydrogen-bond acceptors (Lipinski definition) is 11. The molecule has 2 aromatic carbocycles. The van der Waals surface area contributed by atoms with Crippen molar-refractivity contribution in [2.45, 2.75) is 100 Å². The maximum absolute atomic E-state index is 14.6. The van der Waals surface area contributed by atoms with Crippen molar-refractivity contribution in [2.24, 2.45) is 11.8 Å². The number of fused-ring (bicyclic) bond motifs is 4. The number of pyridine rings is 1. The van der Waals surface area contributed by atoms with Gasteiger partial charge >= 0.3 is 6.09 Å². The summed E-state index contributed by atoms with van der Waals surface area (Å²) in [6.45, 7) is 7.29. The molecule has 4 amide bonds. The normalized spacial score (nSPS) is 24.1. The lowest BCUT2D eigenvalue weighted by Gasteiger charge is -2.31. The molecule has 5 atom stereocenters. The van der Waals surface area contributed by atoms with Crippen molar-refractivity contribution in [2.75, 3.05) is 13.7 Å². The first-order valence-corrected chi connectivity index (χ1v) is 21.1. The summed E-state index contributed by atoms with van der Waals surface area (Å²) in [5.74, 6) is -2.05. The standard InChI is InChI=1S/C41H47N5O10S/c1-5-23-20-41(23,39(49)45-57(51,52)27-15-16-27)44-37(47)31-19-26(21-46(31)38(48)33(22(2)3)43-40(50)55-24-10-6-7-11-24)54-35-28-17-14-25(53-4)18-30(28)42-34-29-12-8-9-13-32(29)56-36(34)35/h5,8-9,12-14,17-18,22-24,26-27,31,33H,1,6-7,10-11,15-16,19-21H2,2-4H3,(H,43,50)(H,44,47)(H,45,49)/t23?,26-,31+,33+,41?/m1/s1. The van der Waals surface area contributed by atoms with Gasteiger partial charge in [-0.1, -0.05) is 32.1 Å². The lowest BCUT2D eigenvalue weighted by atomic mass is 10.0. The number of rotatable bonds is 13. The molecule has 16 heteroatoms. The predicted octanol–water partition coefficient (Wildman–Crippen LogP) is 4.85. The molecule has 2 unspecified atom stereocenters. The molecule has 1 saturated heterocycles. The molecule has 3 aliphatic carbocycles. The number of carbonyl (C=O) groups excluding carboxylic acids is 4. The van der Waals surface area contributed by atoms with Gasteiger partial charge in [0.2, 0.25) is 21.8 Å². The minimum absolute atomic E-state index is 0.00652. The maximum Gasteiger partial charge on any atom is 0.408 e. The largest absolute Gasteiger partial charge is 0.497 e. The van der Waals surface area contributed by atoms with Crippen molar-refractivity contribution >= 4 is 66.8 Å². The van der Waals surface area contributed by atoms with Crippen LogP contribution in [0.5, 0.6) is 11.5 Å². The zero-order valence-electron chi connectivity index (χ0n) is 32.1. The van der Waals surface area contributed by atoms with Gasteiger partial charge in [-0.15, -0.1) is 6.58 Å². The van der Waals surface area contributed by atoms with Gasteiger partial charge in [-0.05, 0) is 75.1 Å². The van der Waals surface area contributed by atoms with E-state index >= 15 is 0 Å². The quantitative estimate of drug-likeness (QED) is 0.156. The van der Waals surface area contributed by atoms with Crippen LogP contribution in [-0.2, 0) is 29.1 Å². The van der Waals surface area contributed by atoms with E-state index in [4.69, 9.17) is 23.6 Å². The SMILES string of the molecule is C=CC1CC1(NC(=O)[C@@H]1C[C@@H](Oc2c3ccc(OC)cc3nc3c2oc2ccccc23)CN1C(=O)[C@@H](NC(=O)OC1CCCC1)C(C)C)C(=O)NS(=O)(=O)C1CC1. The molecule has 1 aliphatic heterocycles. The third-order valence-electron chi connectivity index (χ3n) is 11.6. The molecule has 4 aromatic rings. The van der Waals surface area contributed by atoms with Crippen LogP contribution in [0.2, 0.25) is 0 Å². The van der Waals surface area contributed by atoms with E-state index in [0.717, 1.165) is 31.1 Å². The molecule has 0 bridgehead atoms.